The van der Waals surface area contributed by atoms with Crippen molar-refractivity contribution in [1.29, 1.82) is 0 Å². The Morgan fingerprint density at radius 2 is 1.92 bits per heavy atom. The van der Waals surface area contributed by atoms with Crippen LogP contribution in [-0.4, -0.2) is 11.5 Å². The Kier molecular flexibility index (Phi) is 5.06. The standard InChI is InChI=1S/C11H14BrF/c12-9-11(13)8-4-7-10-5-2-1-3-6-10/h1-3,5-6,11H,4,7-9H2/t11-/m0/s1. The minimum absolute atomic E-state index is 0.460. The fourth-order valence-electron chi connectivity index (χ4n) is 1.25. The minimum Gasteiger partial charge on any atom is -0.247 e. The molecule has 0 heterocycles. The van der Waals surface area contributed by atoms with Crippen molar-refractivity contribution in [1.82, 2.24) is 0 Å². The van der Waals surface area contributed by atoms with Gasteiger partial charge in [-0.05, 0) is 24.8 Å². The molecule has 0 N–H and O–H groups in total. The van der Waals surface area contributed by atoms with E-state index in [-0.39, 0.29) is 0 Å². The summed E-state index contributed by atoms with van der Waals surface area (Å²) in [5.41, 5.74) is 1.30. The van der Waals surface area contributed by atoms with Crippen LogP contribution in [0, 0.1) is 0 Å². The Bertz CT molecular complexity index is 223. The lowest BCUT2D eigenvalue weighted by Gasteiger charge is -2.03. The Balaban J connectivity index is 2.20. The second kappa shape index (κ2) is 6.14. The van der Waals surface area contributed by atoms with Crippen LogP contribution in [0.25, 0.3) is 0 Å². The van der Waals surface area contributed by atoms with Crippen molar-refractivity contribution in [2.24, 2.45) is 0 Å². The molecule has 1 rings (SSSR count). The Morgan fingerprint density at radius 3 is 2.54 bits per heavy atom. The molecule has 0 nitrogen and oxygen atoms in total. The van der Waals surface area contributed by atoms with Crippen LogP contribution in [0.1, 0.15) is 18.4 Å². The van der Waals surface area contributed by atoms with Crippen LogP contribution < -0.4 is 0 Å². The van der Waals surface area contributed by atoms with Crippen molar-refractivity contribution in [3.8, 4) is 0 Å². The van der Waals surface area contributed by atoms with E-state index in [4.69, 9.17) is 0 Å². The van der Waals surface area contributed by atoms with E-state index in [0.717, 1.165) is 12.8 Å². The highest BCUT2D eigenvalue weighted by molar-refractivity contribution is 9.09. The number of aryl methyl sites for hydroxylation is 1. The fraction of sp³-hybridized carbons (Fsp3) is 0.455. The van der Waals surface area contributed by atoms with Crippen molar-refractivity contribution in [3.05, 3.63) is 35.9 Å². The number of benzene rings is 1. The summed E-state index contributed by atoms with van der Waals surface area (Å²) in [5, 5.41) is 0.460. The molecular weight excluding hydrogens is 231 g/mol. The molecule has 0 unspecified atom stereocenters. The van der Waals surface area contributed by atoms with E-state index >= 15 is 0 Å². The molecule has 0 saturated heterocycles. The molecule has 72 valence electrons. The normalized spacial score (nSPS) is 12.8. The molecule has 0 aromatic heterocycles. The summed E-state index contributed by atoms with van der Waals surface area (Å²) < 4.78 is 12.8. The summed E-state index contributed by atoms with van der Waals surface area (Å²) in [6.45, 7) is 0. The Morgan fingerprint density at radius 1 is 1.23 bits per heavy atom. The number of hydrogen-bond acceptors (Lipinski definition) is 0. The first kappa shape index (κ1) is 10.7. The molecule has 0 radical (unpaired) electrons. The predicted molar refractivity (Wildman–Crippen MR) is 58.1 cm³/mol. The van der Waals surface area contributed by atoms with E-state index in [1.165, 1.54) is 5.56 Å². The fourth-order valence-corrected chi connectivity index (χ4v) is 1.57. The number of hydrogen-bond donors (Lipinski definition) is 0. The van der Waals surface area contributed by atoms with Crippen LogP contribution in [0.2, 0.25) is 0 Å². The van der Waals surface area contributed by atoms with Gasteiger partial charge in [0.2, 0.25) is 0 Å². The summed E-state index contributed by atoms with van der Waals surface area (Å²) in [6, 6.07) is 10.2. The van der Waals surface area contributed by atoms with E-state index in [1.807, 2.05) is 18.2 Å². The highest BCUT2D eigenvalue weighted by Crippen LogP contribution is 2.09. The van der Waals surface area contributed by atoms with Gasteiger partial charge in [0.05, 0.1) is 0 Å². The molecule has 0 aliphatic carbocycles. The van der Waals surface area contributed by atoms with Crippen LogP contribution in [0.3, 0.4) is 0 Å². The molecule has 1 aromatic rings. The maximum atomic E-state index is 12.8. The highest BCUT2D eigenvalue weighted by Gasteiger charge is 2.02. The molecule has 0 spiro atoms. The average molecular weight is 245 g/mol. The molecule has 0 amide bonds. The second-order valence-electron chi connectivity index (χ2n) is 3.13. The zero-order valence-corrected chi connectivity index (χ0v) is 9.13. The second-order valence-corrected chi connectivity index (χ2v) is 3.78. The van der Waals surface area contributed by atoms with Gasteiger partial charge in [0.25, 0.3) is 0 Å². The first-order chi connectivity index (χ1) is 6.33. The van der Waals surface area contributed by atoms with Gasteiger partial charge in [-0.15, -0.1) is 0 Å². The maximum absolute atomic E-state index is 12.8. The topological polar surface area (TPSA) is 0 Å². The lowest BCUT2D eigenvalue weighted by atomic mass is 10.1. The molecule has 13 heavy (non-hydrogen) atoms. The monoisotopic (exact) mass is 244 g/mol. The zero-order chi connectivity index (χ0) is 9.52. The summed E-state index contributed by atoms with van der Waals surface area (Å²) in [4.78, 5) is 0. The number of alkyl halides is 2. The smallest absolute Gasteiger partial charge is 0.110 e. The Hall–Kier alpha value is -0.370. The third-order valence-electron chi connectivity index (χ3n) is 1.99. The van der Waals surface area contributed by atoms with E-state index in [1.54, 1.807) is 0 Å². The predicted octanol–water partition coefficient (Wildman–Crippen LogP) is 3.74. The molecule has 0 aliphatic heterocycles. The summed E-state index contributed by atoms with van der Waals surface area (Å²) in [6.07, 6.45) is 1.87. The average Bonchev–Trinajstić information content (AvgIpc) is 2.19. The molecule has 1 aromatic carbocycles. The van der Waals surface area contributed by atoms with Crippen molar-refractivity contribution >= 4 is 15.9 Å². The van der Waals surface area contributed by atoms with Crippen molar-refractivity contribution in [3.63, 3.8) is 0 Å². The first-order valence-corrected chi connectivity index (χ1v) is 5.69. The molecule has 0 saturated carbocycles. The molecule has 0 aliphatic rings. The van der Waals surface area contributed by atoms with Crippen molar-refractivity contribution < 1.29 is 4.39 Å². The summed E-state index contributed by atoms with van der Waals surface area (Å²) in [7, 11) is 0. The van der Waals surface area contributed by atoms with Gasteiger partial charge < -0.3 is 0 Å². The summed E-state index contributed by atoms with van der Waals surface area (Å²) in [5.74, 6) is 0. The maximum Gasteiger partial charge on any atom is 0.110 e. The van der Waals surface area contributed by atoms with E-state index in [0.29, 0.717) is 11.8 Å². The van der Waals surface area contributed by atoms with Crippen molar-refractivity contribution in [2.45, 2.75) is 25.4 Å². The third-order valence-corrected chi connectivity index (χ3v) is 2.70. The molecular formula is C11H14BrF. The van der Waals surface area contributed by atoms with Gasteiger partial charge in [-0.3, -0.25) is 0 Å². The quantitative estimate of drug-likeness (QED) is 0.693. The van der Waals surface area contributed by atoms with E-state index < -0.39 is 6.17 Å². The van der Waals surface area contributed by atoms with E-state index in [9.17, 15) is 4.39 Å². The zero-order valence-electron chi connectivity index (χ0n) is 7.55. The highest BCUT2D eigenvalue weighted by atomic mass is 79.9. The third kappa shape index (κ3) is 4.41. The van der Waals surface area contributed by atoms with Crippen LogP contribution in [0.5, 0.6) is 0 Å². The minimum atomic E-state index is -0.691. The van der Waals surface area contributed by atoms with Crippen LogP contribution in [0.4, 0.5) is 4.39 Å². The molecule has 0 bridgehead atoms. The van der Waals surface area contributed by atoms with Gasteiger partial charge >= 0.3 is 0 Å². The largest absolute Gasteiger partial charge is 0.247 e. The van der Waals surface area contributed by atoms with Gasteiger partial charge in [-0.1, -0.05) is 46.3 Å². The van der Waals surface area contributed by atoms with Gasteiger partial charge in [0, 0.05) is 5.33 Å². The van der Waals surface area contributed by atoms with Crippen molar-refractivity contribution in [2.75, 3.05) is 5.33 Å². The lowest BCUT2D eigenvalue weighted by Crippen LogP contribution is -2.01. The number of rotatable bonds is 5. The van der Waals surface area contributed by atoms with Gasteiger partial charge in [0.1, 0.15) is 6.17 Å². The molecule has 2 heteroatoms. The van der Waals surface area contributed by atoms with Gasteiger partial charge in [-0.25, -0.2) is 4.39 Å². The SMILES string of the molecule is F[C@H](CBr)CCCc1ccccc1. The van der Waals surface area contributed by atoms with Gasteiger partial charge in [-0.2, -0.15) is 0 Å². The lowest BCUT2D eigenvalue weighted by molar-refractivity contribution is 0.342. The molecule has 0 fully saturated rings. The Labute approximate surface area is 87.3 Å². The summed E-state index contributed by atoms with van der Waals surface area (Å²) >= 11 is 3.13. The van der Waals surface area contributed by atoms with E-state index in [2.05, 4.69) is 28.1 Å². The van der Waals surface area contributed by atoms with Crippen LogP contribution >= 0.6 is 15.9 Å². The van der Waals surface area contributed by atoms with Gasteiger partial charge in [0.15, 0.2) is 0 Å². The molecule has 1 atom stereocenters. The first-order valence-electron chi connectivity index (χ1n) is 4.57. The van der Waals surface area contributed by atoms with Crippen LogP contribution in [-0.2, 0) is 6.42 Å². The van der Waals surface area contributed by atoms with Crippen LogP contribution in [0.15, 0.2) is 30.3 Å². The number of halogens is 2.